The van der Waals surface area contributed by atoms with Gasteiger partial charge in [-0.3, -0.25) is 14.6 Å². The topological polar surface area (TPSA) is 62.6 Å². The molecule has 1 aliphatic rings. The van der Waals surface area contributed by atoms with E-state index in [9.17, 15) is 18.0 Å². The molecule has 1 saturated heterocycles. The van der Waals surface area contributed by atoms with E-state index < -0.39 is 6.36 Å². The third kappa shape index (κ3) is 5.74. The fourth-order valence-corrected chi connectivity index (χ4v) is 3.57. The van der Waals surface area contributed by atoms with Crippen LogP contribution in [0.2, 0.25) is 0 Å². The van der Waals surface area contributed by atoms with E-state index in [1.807, 2.05) is 30.6 Å². The average Bonchev–Trinajstić information content (AvgIpc) is 3.13. The number of carbonyl (C=O) groups excluding carboxylic acids is 1. The molecule has 0 atom stereocenters. The van der Waals surface area contributed by atoms with Crippen LogP contribution < -0.4 is 10.1 Å². The second-order valence-corrected chi connectivity index (χ2v) is 7.36. The van der Waals surface area contributed by atoms with Crippen molar-refractivity contribution in [1.29, 1.82) is 0 Å². The number of carbonyl (C=O) groups is 1. The van der Waals surface area contributed by atoms with Crippen LogP contribution >= 0.6 is 0 Å². The van der Waals surface area contributed by atoms with Gasteiger partial charge < -0.3 is 14.6 Å². The van der Waals surface area contributed by atoms with Crippen LogP contribution in [0, 0.1) is 0 Å². The second kappa shape index (κ2) is 8.94. The van der Waals surface area contributed by atoms with Gasteiger partial charge in [0.15, 0.2) is 0 Å². The van der Waals surface area contributed by atoms with E-state index in [-0.39, 0.29) is 18.2 Å². The third-order valence-corrected chi connectivity index (χ3v) is 5.08. The standard InChI is InChI=1S/C21H22F3N5O2/c22-21(23,24)31-17-7-5-16(6-8-17)26-20(30)13-27-9-11-28(12-10-27)15-29-14-25-18-3-1-2-4-19(18)29/h1-8,14H,9-13,15H2,(H,26,30). The molecular weight excluding hydrogens is 411 g/mol. The molecule has 10 heteroatoms. The molecule has 0 bridgehead atoms. The molecule has 0 radical (unpaired) electrons. The van der Waals surface area contributed by atoms with Crippen LogP contribution in [0.15, 0.2) is 54.9 Å². The Balaban J connectivity index is 1.23. The summed E-state index contributed by atoms with van der Waals surface area (Å²) in [5.41, 5.74) is 2.48. The van der Waals surface area contributed by atoms with E-state index in [0.717, 1.165) is 43.9 Å². The number of imidazole rings is 1. The van der Waals surface area contributed by atoms with Crippen LogP contribution in [0.3, 0.4) is 0 Å². The molecular formula is C21H22F3N5O2. The van der Waals surface area contributed by atoms with Gasteiger partial charge in [-0.2, -0.15) is 0 Å². The molecule has 4 rings (SSSR count). The van der Waals surface area contributed by atoms with Crippen molar-refractivity contribution in [3.05, 3.63) is 54.9 Å². The SMILES string of the molecule is O=C(CN1CCN(Cn2cnc3ccccc32)CC1)Nc1ccc(OC(F)(F)F)cc1. The summed E-state index contributed by atoms with van der Waals surface area (Å²) < 4.78 is 42.6. The Kier molecular flexibility index (Phi) is 6.10. The van der Waals surface area contributed by atoms with Gasteiger partial charge in [0, 0.05) is 31.9 Å². The number of nitrogens with zero attached hydrogens (tertiary/aromatic N) is 4. The first-order chi connectivity index (χ1) is 14.9. The van der Waals surface area contributed by atoms with E-state index in [1.54, 1.807) is 0 Å². The van der Waals surface area contributed by atoms with E-state index in [4.69, 9.17) is 0 Å². The maximum absolute atomic E-state index is 12.3. The van der Waals surface area contributed by atoms with Crippen LogP contribution in [-0.2, 0) is 11.5 Å². The van der Waals surface area contributed by atoms with Gasteiger partial charge >= 0.3 is 6.36 Å². The Morgan fingerprint density at radius 3 is 2.39 bits per heavy atom. The number of amides is 1. The quantitative estimate of drug-likeness (QED) is 0.647. The Morgan fingerprint density at radius 1 is 1.00 bits per heavy atom. The van der Waals surface area contributed by atoms with E-state index in [1.165, 1.54) is 24.3 Å². The summed E-state index contributed by atoms with van der Waals surface area (Å²) in [6.07, 6.45) is -2.90. The predicted octanol–water partition coefficient (Wildman–Crippen LogP) is 3.15. The molecule has 0 unspecified atom stereocenters. The minimum Gasteiger partial charge on any atom is -0.406 e. The Morgan fingerprint density at radius 2 is 1.68 bits per heavy atom. The lowest BCUT2D eigenvalue weighted by molar-refractivity contribution is -0.274. The number of para-hydroxylation sites is 2. The van der Waals surface area contributed by atoms with Crippen molar-refractivity contribution < 1.29 is 22.7 Å². The molecule has 1 aliphatic heterocycles. The number of rotatable bonds is 6. The van der Waals surface area contributed by atoms with Crippen LogP contribution in [0.1, 0.15) is 0 Å². The number of ether oxygens (including phenoxy) is 1. The first-order valence-corrected chi connectivity index (χ1v) is 9.86. The highest BCUT2D eigenvalue weighted by atomic mass is 19.4. The van der Waals surface area contributed by atoms with Gasteiger partial charge in [-0.15, -0.1) is 13.2 Å². The summed E-state index contributed by atoms with van der Waals surface area (Å²) in [5, 5.41) is 2.70. The van der Waals surface area contributed by atoms with Crippen LogP contribution in [0.4, 0.5) is 18.9 Å². The van der Waals surface area contributed by atoms with E-state index >= 15 is 0 Å². The molecule has 1 fully saturated rings. The van der Waals surface area contributed by atoms with Crippen molar-refractivity contribution >= 4 is 22.6 Å². The van der Waals surface area contributed by atoms with Crippen LogP contribution in [0.25, 0.3) is 11.0 Å². The molecule has 3 aromatic rings. The first kappa shape index (κ1) is 21.1. The highest BCUT2D eigenvalue weighted by Crippen LogP contribution is 2.24. The largest absolute Gasteiger partial charge is 0.573 e. The van der Waals surface area contributed by atoms with Crippen molar-refractivity contribution in [2.24, 2.45) is 0 Å². The van der Waals surface area contributed by atoms with Gasteiger partial charge in [-0.25, -0.2) is 4.98 Å². The maximum Gasteiger partial charge on any atom is 0.573 e. The summed E-state index contributed by atoms with van der Waals surface area (Å²) in [6, 6.07) is 13.1. The van der Waals surface area contributed by atoms with Gasteiger partial charge in [0.2, 0.25) is 5.91 Å². The molecule has 1 aromatic heterocycles. The van der Waals surface area contributed by atoms with Gasteiger partial charge in [-0.1, -0.05) is 12.1 Å². The molecule has 164 valence electrons. The van der Waals surface area contributed by atoms with Crippen molar-refractivity contribution in [3.63, 3.8) is 0 Å². The van der Waals surface area contributed by atoms with Gasteiger partial charge in [-0.05, 0) is 36.4 Å². The normalized spacial score (nSPS) is 15.8. The Labute approximate surface area is 177 Å². The fourth-order valence-electron chi connectivity index (χ4n) is 3.57. The number of hydrogen-bond acceptors (Lipinski definition) is 5. The third-order valence-electron chi connectivity index (χ3n) is 5.08. The van der Waals surface area contributed by atoms with E-state index in [2.05, 4.69) is 29.4 Å². The fraction of sp³-hybridized carbons (Fsp3) is 0.333. The Hall–Kier alpha value is -3.11. The number of benzene rings is 2. The van der Waals surface area contributed by atoms with Crippen molar-refractivity contribution in [1.82, 2.24) is 19.4 Å². The van der Waals surface area contributed by atoms with E-state index in [0.29, 0.717) is 5.69 Å². The number of piperazine rings is 1. The molecule has 7 nitrogen and oxygen atoms in total. The Bertz CT molecular complexity index is 1030. The zero-order chi connectivity index (χ0) is 21.8. The zero-order valence-electron chi connectivity index (χ0n) is 16.7. The highest BCUT2D eigenvalue weighted by Gasteiger charge is 2.31. The number of nitrogens with one attached hydrogen (secondary N) is 1. The molecule has 1 N–H and O–H groups in total. The van der Waals surface area contributed by atoms with Crippen molar-refractivity contribution in [3.8, 4) is 5.75 Å². The lowest BCUT2D eigenvalue weighted by atomic mass is 10.3. The summed E-state index contributed by atoms with van der Waals surface area (Å²) in [4.78, 5) is 21.1. The average molecular weight is 433 g/mol. The first-order valence-electron chi connectivity index (χ1n) is 9.86. The minimum absolute atomic E-state index is 0.210. The van der Waals surface area contributed by atoms with Gasteiger partial charge in [0.25, 0.3) is 0 Å². The molecule has 0 saturated carbocycles. The number of hydrogen-bond donors (Lipinski definition) is 1. The van der Waals surface area contributed by atoms with Crippen LogP contribution in [-0.4, -0.2) is 64.3 Å². The lowest BCUT2D eigenvalue weighted by Gasteiger charge is -2.34. The van der Waals surface area contributed by atoms with Crippen molar-refractivity contribution in [2.45, 2.75) is 13.0 Å². The number of halogens is 3. The smallest absolute Gasteiger partial charge is 0.406 e. The molecule has 31 heavy (non-hydrogen) atoms. The second-order valence-electron chi connectivity index (χ2n) is 7.36. The number of aromatic nitrogens is 2. The summed E-state index contributed by atoms with van der Waals surface area (Å²) in [7, 11) is 0. The highest BCUT2D eigenvalue weighted by molar-refractivity contribution is 5.92. The number of fused-ring (bicyclic) bond motifs is 1. The number of anilines is 1. The maximum atomic E-state index is 12.3. The van der Waals surface area contributed by atoms with Crippen molar-refractivity contribution in [2.75, 3.05) is 38.0 Å². The molecule has 0 aliphatic carbocycles. The molecule has 1 amide bonds. The molecule has 2 heterocycles. The van der Waals surface area contributed by atoms with Crippen LogP contribution in [0.5, 0.6) is 5.75 Å². The van der Waals surface area contributed by atoms with Gasteiger partial charge in [0.05, 0.1) is 30.6 Å². The van der Waals surface area contributed by atoms with Gasteiger partial charge in [0.1, 0.15) is 5.75 Å². The summed E-state index contributed by atoms with van der Waals surface area (Å²) in [6.45, 7) is 4.11. The minimum atomic E-state index is -4.74. The summed E-state index contributed by atoms with van der Waals surface area (Å²) in [5.74, 6) is -0.536. The lowest BCUT2D eigenvalue weighted by Crippen LogP contribution is -2.48. The molecule has 0 spiro atoms. The predicted molar refractivity (Wildman–Crippen MR) is 110 cm³/mol. The monoisotopic (exact) mass is 433 g/mol. The summed E-state index contributed by atoms with van der Waals surface area (Å²) >= 11 is 0. The molecule has 2 aromatic carbocycles. The zero-order valence-corrected chi connectivity index (χ0v) is 16.7. The number of alkyl halides is 3.